The summed E-state index contributed by atoms with van der Waals surface area (Å²) in [6, 6.07) is 9.77. The zero-order valence-corrected chi connectivity index (χ0v) is 11.9. The van der Waals surface area contributed by atoms with Gasteiger partial charge in [-0.1, -0.05) is 30.3 Å². The van der Waals surface area contributed by atoms with E-state index in [1.807, 2.05) is 42.1 Å². The van der Waals surface area contributed by atoms with E-state index < -0.39 is 0 Å². The molecule has 104 valence electrons. The van der Waals surface area contributed by atoms with E-state index >= 15 is 0 Å². The molecule has 3 nitrogen and oxygen atoms in total. The van der Waals surface area contributed by atoms with Gasteiger partial charge in [-0.3, -0.25) is 4.79 Å². The molecular formula is C15H20O3S. The molecule has 1 unspecified atom stereocenters. The number of carbonyl (C=O) groups is 1. The van der Waals surface area contributed by atoms with Crippen LogP contribution in [0.5, 0.6) is 0 Å². The maximum atomic E-state index is 11.6. The first-order valence-corrected chi connectivity index (χ1v) is 7.78. The Balaban J connectivity index is 1.52. The van der Waals surface area contributed by atoms with Crippen molar-refractivity contribution in [3.05, 3.63) is 35.9 Å². The van der Waals surface area contributed by atoms with Crippen LogP contribution in [0.2, 0.25) is 0 Å². The molecule has 0 aromatic heterocycles. The van der Waals surface area contributed by atoms with Gasteiger partial charge in [0.2, 0.25) is 0 Å². The summed E-state index contributed by atoms with van der Waals surface area (Å²) in [4.78, 5) is 11.6. The second kappa shape index (κ2) is 8.23. The van der Waals surface area contributed by atoms with E-state index in [1.54, 1.807) is 0 Å². The maximum Gasteiger partial charge on any atom is 0.306 e. The first-order chi connectivity index (χ1) is 9.34. The molecule has 1 aliphatic rings. The zero-order chi connectivity index (χ0) is 13.3. The standard InChI is InChI=1S/C15H20O3S/c16-15(18-11-13-5-2-1-3-6-13)7-4-10-19-14-8-9-17-12-14/h1-3,5-6,14H,4,7-12H2. The van der Waals surface area contributed by atoms with Crippen LogP contribution in [0.1, 0.15) is 24.8 Å². The largest absolute Gasteiger partial charge is 0.461 e. The molecule has 1 aliphatic heterocycles. The second-order valence-electron chi connectivity index (χ2n) is 4.61. The number of ether oxygens (including phenoxy) is 2. The number of carbonyl (C=O) groups excluding carboxylic acids is 1. The van der Waals surface area contributed by atoms with Crippen molar-refractivity contribution >= 4 is 17.7 Å². The van der Waals surface area contributed by atoms with Crippen LogP contribution in [-0.2, 0) is 20.9 Å². The van der Waals surface area contributed by atoms with Crippen molar-refractivity contribution in [1.82, 2.24) is 0 Å². The van der Waals surface area contributed by atoms with Gasteiger partial charge in [-0.05, 0) is 24.2 Å². The van der Waals surface area contributed by atoms with Crippen molar-refractivity contribution in [1.29, 1.82) is 0 Å². The molecule has 1 heterocycles. The van der Waals surface area contributed by atoms with Crippen molar-refractivity contribution in [2.75, 3.05) is 19.0 Å². The molecule has 1 atom stereocenters. The highest BCUT2D eigenvalue weighted by Crippen LogP contribution is 2.21. The lowest BCUT2D eigenvalue weighted by Gasteiger charge is -2.07. The number of hydrogen-bond acceptors (Lipinski definition) is 4. The van der Waals surface area contributed by atoms with E-state index in [9.17, 15) is 4.79 Å². The minimum Gasteiger partial charge on any atom is -0.461 e. The SMILES string of the molecule is O=C(CCCSC1CCOC1)OCc1ccccc1. The lowest BCUT2D eigenvalue weighted by molar-refractivity contribution is -0.144. The van der Waals surface area contributed by atoms with Crippen molar-refractivity contribution in [3.63, 3.8) is 0 Å². The van der Waals surface area contributed by atoms with Gasteiger partial charge in [-0.25, -0.2) is 0 Å². The molecule has 1 aromatic rings. The molecule has 1 saturated heterocycles. The Labute approximate surface area is 118 Å². The summed E-state index contributed by atoms with van der Waals surface area (Å²) < 4.78 is 10.5. The van der Waals surface area contributed by atoms with Crippen molar-refractivity contribution in [2.45, 2.75) is 31.1 Å². The monoisotopic (exact) mass is 280 g/mol. The summed E-state index contributed by atoms with van der Waals surface area (Å²) in [5.41, 5.74) is 1.04. The van der Waals surface area contributed by atoms with Crippen molar-refractivity contribution < 1.29 is 14.3 Å². The fraction of sp³-hybridized carbons (Fsp3) is 0.533. The molecular weight excluding hydrogens is 260 g/mol. The fourth-order valence-electron chi connectivity index (χ4n) is 1.92. The first-order valence-electron chi connectivity index (χ1n) is 6.73. The number of benzene rings is 1. The quantitative estimate of drug-likeness (QED) is 0.568. The van der Waals surface area contributed by atoms with Crippen LogP contribution in [0.4, 0.5) is 0 Å². The molecule has 2 rings (SSSR count). The van der Waals surface area contributed by atoms with Gasteiger partial charge in [-0.15, -0.1) is 0 Å². The second-order valence-corrected chi connectivity index (χ2v) is 6.01. The van der Waals surface area contributed by atoms with Gasteiger partial charge in [0.15, 0.2) is 0 Å². The highest BCUT2D eigenvalue weighted by molar-refractivity contribution is 7.99. The third kappa shape index (κ3) is 5.66. The van der Waals surface area contributed by atoms with Crippen LogP contribution in [0.3, 0.4) is 0 Å². The molecule has 0 aliphatic carbocycles. The summed E-state index contributed by atoms with van der Waals surface area (Å²) in [5.74, 6) is 0.904. The topological polar surface area (TPSA) is 35.5 Å². The lowest BCUT2D eigenvalue weighted by Crippen LogP contribution is -2.06. The van der Waals surface area contributed by atoms with Gasteiger partial charge in [0, 0.05) is 18.3 Å². The third-order valence-corrected chi connectivity index (χ3v) is 4.38. The molecule has 0 bridgehead atoms. The van der Waals surface area contributed by atoms with E-state index in [0.29, 0.717) is 18.3 Å². The van der Waals surface area contributed by atoms with Gasteiger partial charge in [0.1, 0.15) is 6.61 Å². The van der Waals surface area contributed by atoms with Crippen molar-refractivity contribution in [3.8, 4) is 0 Å². The Hall–Kier alpha value is -1.00. The Morgan fingerprint density at radius 2 is 2.21 bits per heavy atom. The normalized spacial score (nSPS) is 18.4. The molecule has 0 saturated carbocycles. The van der Waals surface area contributed by atoms with Gasteiger partial charge in [0.25, 0.3) is 0 Å². The average molecular weight is 280 g/mol. The maximum absolute atomic E-state index is 11.6. The molecule has 1 aromatic carbocycles. The Kier molecular flexibility index (Phi) is 6.24. The first kappa shape index (κ1) is 14.4. The molecule has 1 fully saturated rings. The Morgan fingerprint density at radius 3 is 2.95 bits per heavy atom. The van der Waals surface area contributed by atoms with E-state index in [2.05, 4.69) is 0 Å². The lowest BCUT2D eigenvalue weighted by atomic mass is 10.2. The highest BCUT2D eigenvalue weighted by Gasteiger charge is 2.15. The van der Waals surface area contributed by atoms with Gasteiger partial charge in [0.05, 0.1) is 6.61 Å². The van der Waals surface area contributed by atoms with Gasteiger partial charge < -0.3 is 9.47 Å². The highest BCUT2D eigenvalue weighted by atomic mass is 32.2. The minimum atomic E-state index is -0.105. The van der Waals surface area contributed by atoms with Crippen LogP contribution in [0.15, 0.2) is 30.3 Å². The predicted molar refractivity (Wildman–Crippen MR) is 77.2 cm³/mol. The summed E-state index contributed by atoms with van der Waals surface area (Å²) in [5, 5.41) is 0.625. The number of thioether (sulfide) groups is 1. The smallest absolute Gasteiger partial charge is 0.306 e. The summed E-state index contributed by atoms with van der Waals surface area (Å²) in [6.45, 7) is 2.13. The van der Waals surface area contributed by atoms with Crippen LogP contribution in [0.25, 0.3) is 0 Å². The van der Waals surface area contributed by atoms with E-state index in [1.165, 1.54) is 0 Å². The number of hydrogen-bond donors (Lipinski definition) is 0. The van der Waals surface area contributed by atoms with Crippen LogP contribution >= 0.6 is 11.8 Å². The molecule has 0 radical (unpaired) electrons. The molecule has 0 spiro atoms. The third-order valence-electron chi connectivity index (χ3n) is 3.01. The number of esters is 1. The van der Waals surface area contributed by atoms with Gasteiger partial charge >= 0.3 is 5.97 Å². The molecule has 0 N–H and O–H groups in total. The molecule has 0 amide bonds. The van der Waals surface area contributed by atoms with E-state index in [0.717, 1.165) is 37.4 Å². The zero-order valence-electron chi connectivity index (χ0n) is 11.0. The molecule has 4 heteroatoms. The summed E-state index contributed by atoms with van der Waals surface area (Å²) in [6.07, 6.45) is 2.53. The predicted octanol–water partition coefficient (Wildman–Crippen LogP) is 3.03. The Morgan fingerprint density at radius 1 is 1.37 bits per heavy atom. The Bertz CT molecular complexity index is 374. The fourth-order valence-corrected chi connectivity index (χ4v) is 3.02. The van der Waals surface area contributed by atoms with Crippen LogP contribution in [-0.4, -0.2) is 30.2 Å². The molecule has 19 heavy (non-hydrogen) atoms. The average Bonchev–Trinajstić information content (AvgIpc) is 2.96. The van der Waals surface area contributed by atoms with Crippen LogP contribution in [0, 0.1) is 0 Å². The van der Waals surface area contributed by atoms with Gasteiger partial charge in [-0.2, -0.15) is 11.8 Å². The van der Waals surface area contributed by atoms with Crippen LogP contribution < -0.4 is 0 Å². The van der Waals surface area contributed by atoms with Crippen molar-refractivity contribution in [2.24, 2.45) is 0 Å². The summed E-state index contributed by atoms with van der Waals surface area (Å²) in [7, 11) is 0. The summed E-state index contributed by atoms with van der Waals surface area (Å²) >= 11 is 1.91. The number of rotatable bonds is 7. The minimum absolute atomic E-state index is 0.105. The van der Waals surface area contributed by atoms with E-state index in [4.69, 9.17) is 9.47 Å². The van der Waals surface area contributed by atoms with E-state index in [-0.39, 0.29) is 5.97 Å².